The van der Waals surface area contributed by atoms with E-state index in [1.807, 2.05) is 48.5 Å². The topological polar surface area (TPSA) is 55.4 Å². The van der Waals surface area contributed by atoms with E-state index in [4.69, 9.17) is 0 Å². The summed E-state index contributed by atoms with van der Waals surface area (Å²) in [5, 5.41) is 14.8. The molecule has 0 bridgehead atoms. The van der Waals surface area contributed by atoms with Gasteiger partial charge in [0.25, 0.3) is 5.91 Å². The van der Waals surface area contributed by atoms with Gasteiger partial charge in [0.05, 0.1) is 43.3 Å². The minimum Gasteiger partial charge on any atom is -0.633 e. The Morgan fingerprint density at radius 2 is 1.70 bits per heavy atom. The molecule has 0 aliphatic carbocycles. The minimum absolute atomic E-state index is 0.101. The lowest BCUT2D eigenvalue weighted by Crippen LogP contribution is -2.35. The van der Waals surface area contributed by atoms with Crippen molar-refractivity contribution in [3.63, 3.8) is 0 Å². The number of carbonyl (C=O) groups excluding carboxylic acids is 1. The van der Waals surface area contributed by atoms with E-state index in [-0.39, 0.29) is 10.6 Å². The van der Waals surface area contributed by atoms with Gasteiger partial charge in [-0.1, -0.05) is 24.3 Å². The van der Waals surface area contributed by atoms with Gasteiger partial charge in [0, 0.05) is 13.0 Å². The van der Waals surface area contributed by atoms with Crippen LogP contribution >= 0.6 is 0 Å². The Bertz CT molecular complexity index is 722. The van der Waals surface area contributed by atoms with Crippen LogP contribution in [-0.2, 0) is 0 Å². The van der Waals surface area contributed by atoms with Crippen molar-refractivity contribution in [1.29, 1.82) is 0 Å². The molecule has 2 aromatic carbocycles. The van der Waals surface area contributed by atoms with Gasteiger partial charge in [-0.05, 0) is 24.3 Å². The summed E-state index contributed by atoms with van der Waals surface area (Å²) < 4.78 is -0.311. The minimum atomic E-state index is -0.311. The molecule has 0 saturated carbocycles. The van der Waals surface area contributed by atoms with E-state index < -0.39 is 0 Å². The number of hydrogen-bond donors (Lipinski definition) is 1. The summed E-state index contributed by atoms with van der Waals surface area (Å²) in [5.41, 5.74) is 3.29. The summed E-state index contributed by atoms with van der Waals surface area (Å²) in [5.74, 6) is -0.101. The Kier molecular flexibility index (Phi) is 4.07. The predicted octanol–water partition coefficient (Wildman–Crippen LogP) is 3.35. The summed E-state index contributed by atoms with van der Waals surface area (Å²) in [6, 6.07) is 15.3. The van der Waals surface area contributed by atoms with Crippen molar-refractivity contribution in [1.82, 2.24) is 0 Å². The molecule has 0 fully saturated rings. The van der Waals surface area contributed by atoms with Crippen molar-refractivity contribution >= 4 is 23.0 Å². The quantitative estimate of drug-likeness (QED) is 0.696. The highest BCUT2D eigenvalue weighted by Gasteiger charge is 2.24. The molecule has 1 amide bonds. The number of fused-ring (bicyclic) bond motifs is 2. The standard InChI is InChI=1S/C18H21N3O2/c1-21(2,23)13-7-12-20-16-10-5-3-8-14(16)18(22)19-15-9-4-6-11-17(15)20/h3-6,8-11H,7,12-13H2,1-2H3,(H,19,22). The molecule has 1 aliphatic heterocycles. The maximum absolute atomic E-state index is 12.5. The Hall–Kier alpha value is -2.37. The molecule has 0 radical (unpaired) electrons. The van der Waals surface area contributed by atoms with Crippen molar-refractivity contribution < 1.29 is 9.44 Å². The molecule has 0 unspecified atom stereocenters. The fraction of sp³-hybridized carbons (Fsp3) is 0.278. The summed E-state index contributed by atoms with van der Waals surface area (Å²) in [6.07, 6.45) is 0.743. The first-order chi connectivity index (χ1) is 11.0. The lowest BCUT2D eigenvalue weighted by atomic mass is 10.1. The maximum Gasteiger partial charge on any atom is 0.257 e. The molecule has 5 heteroatoms. The third-order valence-corrected chi connectivity index (χ3v) is 3.96. The van der Waals surface area contributed by atoms with Crippen LogP contribution in [0.2, 0.25) is 0 Å². The lowest BCUT2D eigenvalue weighted by Gasteiger charge is -2.35. The Balaban J connectivity index is 1.99. The number of carbonyl (C=O) groups is 1. The fourth-order valence-electron chi connectivity index (χ4n) is 2.89. The molecule has 3 rings (SSSR count). The van der Waals surface area contributed by atoms with Crippen molar-refractivity contribution in [3.05, 3.63) is 59.3 Å². The third-order valence-electron chi connectivity index (χ3n) is 3.96. The summed E-state index contributed by atoms with van der Waals surface area (Å²) in [6.45, 7) is 1.22. The summed E-state index contributed by atoms with van der Waals surface area (Å²) in [7, 11) is 3.30. The largest absolute Gasteiger partial charge is 0.633 e. The Morgan fingerprint density at radius 1 is 1.04 bits per heavy atom. The molecule has 2 aromatic rings. The zero-order chi connectivity index (χ0) is 16.4. The Labute approximate surface area is 136 Å². The van der Waals surface area contributed by atoms with E-state index in [1.165, 1.54) is 0 Å². The van der Waals surface area contributed by atoms with Gasteiger partial charge in [-0.3, -0.25) is 4.79 Å². The van der Waals surface area contributed by atoms with Crippen LogP contribution in [0.5, 0.6) is 0 Å². The number of benzene rings is 2. The van der Waals surface area contributed by atoms with E-state index in [0.29, 0.717) is 18.7 Å². The molecule has 0 saturated heterocycles. The number of amides is 1. The summed E-state index contributed by atoms with van der Waals surface area (Å²) >= 11 is 0. The smallest absolute Gasteiger partial charge is 0.257 e. The van der Waals surface area contributed by atoms with Gasteiger partial charge in [0.1, 0.15) is 0 Å². The van der Waals surface area contributed by atoms with Gasteiger partial charge in [-0.25, -0.2) is 0 Å². The first-order valence-electron chi connectivity index (χ1n) is 7.77. The molecule has 0 atom stereocenters. The van der Waals surface area contributed by atoms with Gasteiger partial charge in [-0.15, -0.1) is 0 Å². The first kappa shape index (κ1) is 15.5. The van der Waals surface area contributed by atoms with Crippen LogP contribution in [0.1, 0.15) is 16.8 Å². The van der Waals surface area contributed by atoms with Gasteiger partial charge in [0.2, 0.25) is 0 Å². The third kappa shape index (κ3) is 3.36. The van der Waals surface area contributed by atoms with Crippen molar-refractivity contribution in [3.8, 4) is 0 Å². The highest BCUT2D eigenvalue weighted by molar-refractivity contribution is 6.12. The fourth-order valence-corrected chi connectivity index (χ4v) is 2.89. The number of hydrogen-bond acceptors (Lipinski definition) is 3. The second-order valence-corrected chi connectivity index (χ2v) is 6.29. The van der Waals surface area contributed by atoms with Crippen molar-refractivity contribution in [2.45, 2.75) is 6.42 Å². The van der Waals surface area contributed by atoms with E-state index >= 15 is 0 Å². The van der Waals surface area contributed by atoms with Gasteiger partial charge >= 0.3 is 0 Å². The van der Waals surface area contributed by atoms with Gasteiger partial charge < -0.3 is 20.1 Å². The van der Waals surface area contributed by atoms with Gasteiger partial charge in [0.15, 0.2) is 0 Å². The van der Waals surface area contributed by atoms with Crippen LogP contribution in [0.15, 0.2) is 48.5 Å². The zero-order valence-electron chi connectivity index (χ0n) is 13.5. The predicted molar refractivity (Wildman–Crippen MR) is 92.8 cm³/mol. The second kappa shape index (κ2) is 6.02. The van der Waals surface area contributed by atoms with Crippen LogP contribution in [-0.4, -0.2) is 37.7 Å². The number of nitrogens with zero attached hydrogens (tertiary/aromatic N) is 2. The number of quaternary nitrogens is 1. The maximum atomic E-state index is 12.5. The molecule has 0 spiro atoms. The molecule has 120 valence electrons. The SMILES string of the molecule is C[N+](C)([O-])CCCN1c2ccccc2NC(=O)c2ccccc21. The number of anilines is 3. The van der Waals surface area contributed by atoms with Crippen LogP contribution in [0, 0.1) is 5.21 Å². The second-order valence-electron chi connectivity index (χ2n) is 6.29. The summed E-state index contributed by atoms with van der Waals surface area (Å²) in [4.78, 5) is 14.6. The van der Waals surface area contributed by atoms with Crippen LogP contribution in [0.25, 0.3) is 0 Å². The van der Waals surface area contributed by atoms with Crippen LogP contribution < -0.4 is 10.2 Å². The average molecular weight is 311 g/mol. The van der Waals surface area contributed by atoms with E-state index in [2.05, 4.69) is 10.2 Å². The molecular weight excluding hydrogens is 290 g/mol. The van der Waals surface area contributed by atoms with E-state index in [9.17, 15) is 10.0 Å². The number of hydroxylamine groups is 3. The van der Waals surface area contributed by atoms with Crippen LogP contribution in [0.3, 0.4) is 0 Å². The average Bonchev–Trinajstić information content (AvgIpc) is 2.62. The van der Waals surface area contributed by atoms with Crippen LogP contribution in [0.4, 0.5) is 17.1 Å². The molecule has 1 heterocycles. The molecular formula is C18H21N3O2. The van der Waals surface area contributed by atoms with Crippen molar-refractivity contribution in [2.24, 2.45) is 0 Å². The number of rotatable bonds is 4. The molecule has 5 nitrogen and oxygen atoms in total. The van der Waals surface area contributed by atoms with E-state index in [1.54, 1.807) is 14.1 Å². The molecule has 23 heavy (non-hydrogen) atoms. The molecule has 1 aliphatic rings. The molecule has 0 aromatic heterocycles. The zero-order valence-corrected chi connectivity index (χ0v) is 13.5. The normalized spacial score (nSPS) is 13.9. The molecule has 1 N–H and O–H groups in total. The lowest BCUT2D eigenvalue weighted by molar-refractivity contribution is -0.840. The number of nitrogens with one attached hydrogen (secondary N) is 1. The number of para-hydroxylation sites is 3. The van der Waals surface area contributed by atoms with Crippen molar-refractivity contribution in [2.75, 3.05) is 37.4 Å². The highest BCUT2D eigenvalue weighted by Crippen LogP contribution is 2.37. The monoisotopic (exact) mass is 311 g/mol. The van der Waals surface area contributed by atoms with E-state index in [0.717, 1.165) is 23.5 Å². The first-order valence-corrected chi connectivity index (χ1v) is 7.77. The highest BCUT2D eigenvalue weighted by atomic mass is 16.5. The Morgan fingerprint density at radius 3 is 2.43 bits per heavy atom. The van der Waals surface area contributed by atoms with Gasteiger partial charge in [-0.2, -0.15) is 0 Å².